The summed E-state index contributed by atoms with van der Waals surface area (Å²) in [4.78, 5) is 2.23. The third-order valence-corrected chi connectivity index (χ3v) is 5.70. The van der Waals surface area contributed by atoms with Gasteiger partial charge in [-0.25, -0.2) is 8.42 Å². The fraction of sp³-hybridized carbons (Fsp3) is 0.471. The molecule has 1 aromatic carbocycles. The molecule has 1 fully saturated rings. The maximum atomic E-state index is 12.2. The largest absolute Gasteiger partial charge is 0.372 e. The van der Waals surface area contributed by atoms with E-state index < -0.39 is 9.84 Å². The molecule has 0 saturated carbocycles. The highest BCUT2D eigenvalue weighted by molar-refractivity contribution is 7.91. The number of hydrazone groups is 1. The first-order chi connectivity index (χ1) is 12.3. The number of hydrogen-bond donors (Lipinski definition) is 1. The van der Waals surface area contributed by atoms with Crippen LogP contribution in [-0.4, -0.2) is 45.2 Å². The predicted molar refractivity (Wildman–Crippen MR) is 98.7 cm³/mol. The van der Waals surface area contributed by atoms with Gasteiger partial charge in [0.25, 0.3) is 0 Å². The Bertz CT molecular complexity index is 857. The van der Waals surface area contributed by atoms with Gasteiger partial charge in [-0.2, -0.15) is 15.6 Å². The quantitative estimate of drug-likeness (QED) is 0.617. The number of hydrogen-bond acceptors (Lipinski definition) is 8. The van der Waals surface area contributed by atoms with E-state index in [0.29, 0.717) is 18.8 Å². The zero-order chi connectivity index (χ0) is 19.3. The first kappa shape index (κ1) is 19.7. The molecule has 0 aromatic heterocycles. The van der Waals surface area contributed by atoms with Crippen LogP contribution in [0.25, 0.3) is 0 Å². The van der Waals surface area contributed by atoms with E-state index in [1.165, 1.54) is 6.07 Å². The molecule has 2 rings (SSSR count). The Hall–Kier alpha value is -2.62. The number of nitrogens with one attached hydrogen (secondary N) is 1. The minimum absolute atomic E-state index is 0.0166. The number of morpholine rings is 1. The van der Waals surface area contributed by atoms with Gasteiger partial charge < -0.3 is 9.64 Å². The molecule has 9 heteroatoms. The van der Waals surface area contributed by atoms with Crippen LogP contribution in [0.2, 0.25) is 0 Å². The van der Waals surface area contributed by atoms with Crippen LogP contribution in [-0.2, 0) is 14.6 Å². The van der Waals surface area contributed by atoms with Crippen molar-refractivity contribution >= 4 is 26.9 Å². The monoisotopic (exact) mass is 375 g/mol. The highest BCUT2D eigenvalue weighted by atomic mass is 32.2. The van der Waals surface area contributed by atoms with E-state index in [-0.39, 0.29) is 28.6 Å². The fourth-order valence-electron chi connectivity index (χ4n) is 2.81. The zero-order valence-electron chi connectivity index (χ0n) is 14.9. The van der Waals surface area contributed by atoms with Gasteiger partial charge in [0.2, 0.25) is 5.71 Å². The molecule has 1 heterocycles. The molecule has 1 saturated heterocycles. The third-order valence-electron chi connectivity index (χ3n) is 3.97. The molecule has 2 atom stereocenters. The fourth-order valence-corrected chi connectivity index (χ4v) is 3.71. The van der Waals surface area contributed by atoms with E-state index in [1.807, 2.05) is 13.8 Å². The lowest BCUT2D eigenvalue weighted by atomic mass is 10.1. The Morgan fingerprint density at radius 1 is 1.31 bits per heavy atom. The average Bonchev–Trinajstić information content (AvgIpc) is 2.61. The molecular formula is C17H21N5O3S. The van der Waals surface area contributed by atoms with E-state index in [1.54, 1.807) is 31.2 Å². The van der Waals surface area contributed by atoms with Crippen LogP contribution >= 0.6 is 0 Å². The summed E-state index contributed by atoms with van der Waals surface area (Å²) in [7, 11) is -3.40. The highest BCUT2D eigenvalue weighted by Gasteiger charge is 2.25. The number of ether oxygens (including phenoxy) is 1. The number of rotatable bonds is 5. The van der Waals surface area contributed by atoms with Gasteiger partial charge in [-0.1, -0.05) is 6.92 Å². The van der Waals surface area contributed by atoms with E-state index in [2.05, 4.69) is 15.4 Å². The first-order valence-corrected chi connectivity index (χ1v) is 9.87. The minimum atomic E-state index is -3.40. The molecule has 0 aliphatic carbocycles. The summed E-state index contributed by atoms with van der Waals surface area (Å²) in [5.74, 6) is -0.0255. The Balaban J connectivity index is 2.48. The molecule has 1 aliphatic heterocycles. The Morgan fingerprint density at radius 2 is 1.92 bits per heavy atom. The van der Waals surface area contributed by atoms with Crippen LogP contribution < -0.4 is 10.3 Å². The van der Waals surface area contributed by atoms with E-state index in [4.69, 9.17) is 15.3 Å². The van der Waals surface area contributed by atoms with E-state index in [0.717, 1.165) is 5.69 Å². The second-order valence-electron chi connectivity index (χ2n) is 6.04. The standard InChI is InChI=1S/C17H21N5O3S/c1-4-26(23,24)15-5-6-17(22-10-12(2)25-13(3)11-22)16(7-15)21-20-14(8-18)9-19/h5-7,12-13,21H,4,10-11H2,1-3H3. The third kappa shape index (κ3) is 4.51. The predicted octanol–water partition coefficient (Wildman–Crippen LogP) is 1.91. The van der Waals surface area contributed by atoms with E-state index in [9.17, 15) is 8.42 Å². The van der Waals surface area contributed by atoms with Gasteiger partial charge in [0, 0.05) is 13.1 Å². The van der Waals surface area contributed by atoms with Crippen molar-refractivity contribution < 1.29 is 13.2 Å². The van der Waals surface area contributed by atoms with Crippen molar-refractivity contribution in [3.63, 3.8) is 0 Å². The van der Waals surface area contributed by atoms with Crippen LogP contribution in [0, 0.1) is 22.7 Å². The summed E-state index contributed by atoms with van der Waals surface area (Å²) in [6, 6.07) is 8.08. The molecular weight excluding hydrogens is 354 g/mol. The molecule has 0 bridgehead atoms. The molecule has 1 aliphatic rings. The number of nitriles is 2. The second-order valence-corrected chi connectivity index (χ2v) is 8.32. The van der Waals surface area contributed by atoms with Gasteiger partial charge in [0.05, 0.1) is 34.2 Å². The maximum Gasteiger partial charge on any atom is 0.237 e. The minimum Gasteiger partial charge on any atom is -0.372 e. The van der Waals surface area contributed by atoms with Gasteiger partial charge in [-0.15, -0.1) is 0 Å². The molecule has 1 aromatic rings. The van der Waals surface area contributed by atoms with Gasteiger partial charge >= 0.3 is 0 Å². The summed E-state index contributed by atoms with van der Waals surface area (Å²) < 4.78 is 30.1. The molecule has 2 unspecified atom stereocenters. The van der Waals surface area contributed by atoms with Gasteiger partial charge in [0.15, 0.2) is 9.84 Å². The normalized spacial score (nSPS) is 20.0. The second kappa shape index (κ2) is 8.17. The van der Waals surface area contributed by atoms with Gasteiger partial charge in [0.1, 0.15) is 12.1 Å². The zero-order valence-corrected chi connectivity index (χ0v) is 15.7. The van der Waals surface area contributed by atoms with Gasteiger partial charge in [-0.3, -0.25) is 5.43 Å². The summed E-state index contributed by atoms with van der Waals surface area (Å²) in [6.45, 7) is 6.77. The van der Waals surface area contributed by atoms with Crippen LogP contribution in [0.15, 0.2) is 28.2 Å². The highest BCUT2D eigenvalue weighted by Crippen LogP contribution is 2.31. The summed E-state index contributed by atoms with van der Waals surface area (Å²) in [5, 5.41) is 21.5. The number of sulfone groups is 1. The van der Waals surface area contributed by atoms with Crippen LogP contribution in [0.3, 0.4) is 0 Å². The van der Waals surface area contributed by atoms with Crippen LogP contribution in [0.5, 0.6) is 0 Å². The average molecular weight is 375 g/mol. The van der Waals surface area contributed by atoms with Gasteiger partial charge in [-0.05, 0) is 32.0 Å². The van der Waals surface area contributed by atoms with Crippen molar-refractivity contribution in [1.82, 2.24) is 0 Å². The molecule has 26 heavy (non-hydrogen) atoms. The molecule has 0 spiro atoms. The Labute approximate surface area is 153 Å². The topological polar surface area (TPSA) is 119 Å². The van der Waals surface area contributed by atoms with E-state index >= 15 is 0 Å². The van der Waals surface area contributed by atoms with Crippen molar-refractivity contribution in [2.24, 2.45) is 5.10 Å². The molecule has 138 valence electrons. The van der Waals surface area contributed by atoms with Crippen molar-refractivity contribution in [2.45, 2.75) is 37.9 Å². The summed E-state index contributed by atoms with van der Waals surface area (Å²) in [5.41, 5.74) is 3.49. The number of nitrogens with zero attached hydrogens (tertiary/aromatic N) is 4. The number of anilines is 2. The van der Waals surface area contributed by atoms with Crippen molar-refractivity contribution in [3.05, 3.63) is 18.2 Å². The van der Waals surface area contributed by atoms with Crippen molar-refractivity contribution in [2.75, 3.05) is 29.2 Å². The molecule has 0 radical (unpaired) electrons. The smallest absolute Gasteiger partial charge is 0.237 e. The summed E-state index contributed by atoms with van der Waals surface area (Å²) in [6.07, 6.45) is 0.0332. The Kier molecular flexibility index (Phi) is 6.19. The SMILES string of the molecule is CCS(=O)(=O)c1ccc(N2CC(C)OC(C)C2)c(NN=C(C#N)C#N)c1. The first-order valence-electron chi connectivity index (χ1n) is 8.21. The van der Waals surface area contributed by atoms with Crippen LogP contribution in [0.1, 0.15) is 20.8 Å². The lowest BCUT2D eigenvalue weighted by Crippen LogP contribution is -2.45. The lowest BCUT2D eigenvalue weighted by molar-refractivity contribution is -0.00517. The number of benzene rings is 1. The Morgan fingerprint density at radius 3 is 2.46 bits per heavy atom. The molecule has 1 N–H and O–H groups in total. The van der Waals surface area contributed by atoms with Crippen molar-refractivity contribution in [3.8, 4) is 12.1 Å². The van der Waals surface area contributed by atoms with Crippen LogP contribution in [0.4, 0.5) is 11.4 Å². The summed E-state index contributed by atoms with van der Waals surface area (Å²) >= 11 is 0. The maximum absolute atomic E-state index is 12.2. The molecule has 0 amide bonds. The lowest BCUT2D eigenvalue weighted by Gasteiger charge is -2.37. The van der Waals surface area contributed by atoms with Crippen molar-refractivity contribution in [1.29, 1.82) is 10.5 Å². The molecule has 8 nitrogen and oxygen atoms in total.